The number of carbonyl (C=O) groups excluding carboxylic acids is 1. The van der Waals surface area contributed by atoms with Crippen molar-refractivity contribution in [1.82, 2.24) is 19.1 Å². The third-order valence-corrected chi connectivity index (χ3v) is 7.42. The van der Waals surface area contributed by atoms with Crippen molar-refractivity contribution in [1.29, 1.82) is 0 Å². The zero-order chi connectivity index (χ0) is 22.3. The SMILES string of the molecule is Cc1cc(C(=O)Nc2ccc(C)c(S(=O)(=O)N3CCOCC3)c2)c2c(C)nn(C)c2n1. The number of nitrogens with one attached hydrogen (secondary N) is 1. The van der Waals surface area contributed by atoms with Gasteiger partial charge in [0.15, 0.2) is 5.65 Å². The number of ether oxygens (including phenoxy) is 1. The van der Waals surface area contributed by atoms with Crippen molar-refractivity contribution in [2.45, 2.75) is 25.7 Å². The zero-order valence-electron chi connectivity index (χ0n) is 18.0. The van der Waals surface area contributed by atoms with Crippen molar-refractivity contribution >= 4 is 32.7 Å². The van der Waals surface area contributed by atoms with Crippen LogP contribution < -0.4 is 5.32 Å². The Balaban J connectivity index is 1.69. The molecule has 1 saturated heterocycles. The van der Waals surface area contributed by atoms with Gasteiger partial charge >= 0.3 is 0 Å². The molecule has 1 fully saturated rings. The Morgan fingerprint density at radius 3 is 2.55 bits per heavy atom. The van der Waals surface area contributed by atoms with Gasteiger partial charge in [-0.25, -0.2) is 13.4 Å². The molecule has 1 aromatic carbocycles. The summed E-state index contributed by atoms with van der Waals surface area (Å²) in [5, 5.41) is 7.90. The van der Waals surface area contributed by atoms with Crippen LogP contribution in [0.25, 0.3) is 11.0 Å². The molecule has 1 aliphatic heterocycles. The van der Waals surface area contributed by atoms with Crippen LogP contribution in [0, 0.1) is 20.8 Å². The molecule has 0 bridgehead atoms. The number of hydrogen-bond donors (Lipinski definition) is 1. The minimum absolute atomic E-state index is 0.181. The molecule has 1 N–H and O–H groups in total. The highest BCUT2D eigenvalue weighted by atomic mass is 32.2. The Labute approximate surface area is 181 Å². The average molecular weight is 444 g/mol. The molecule has 3 aromatic rings. The van der Waals surface area contributed by atoms with E-state index in [1.807, 2.05) is 13.8 Å². The van der Waals surface area contributed by atoms with E-state index in [0.717, 1.165) is 0 Å². The van der Waals surface area contributed by atoms with Crippen LogP contribution in [0.5, 0.6) is 0 Å². The minimum atomic E-state index is -3.68. The van der Waals surface area contributed by atoms with Crippen LogP contribution in [-0.4, -0.2) is 59.7 Å². The molecule has 1 aliphatic rings. The fourth-order valence-electron chi connectivity index (χ4n) is 3.83. The van der Waals surface area contributed by atoms with Gasteiger partial charge in [-0.15, -0.1) is 0 Å². The summed E-state index contributed by atoms with van der Waals surface area (Å²) in [5.41, 5.74) is 3.50. The topological polar surface area (TPSA) is 106 Å². The van der Waals surface area contributed by atoms with Gasteiger partial charge in [0.25, 0.3) is 5.91 Å². The van der Waals surface area contributed by atoms with Crippen LogP contribution >= 0.6 is 0 Å². The largest absolute Gasteiger partial charge is 0.379 e. The van der Waals surface area contributed by atoms with Gasteiger partial charge in [0.05, 0.1) is 34.8 Å². The molecule has 0 aliphatic carbocycles. The van der Waals surface area contributed by atoms with E-state index in [9.17, 15) is 13.2 Å². The first kappa shape index (κ1) is 21.4. The molecule has 0 spiro atoms. The molecular formula is C21H25N5O4S. The van der Waals surface area contributed by atoms with E-state index in [2.05, 4.69) is 15.4 Å². The van der Waals surface area contributed by atoms with Gasteiger partial charge < -0.3 is 10.1 Å². The molecule has 0 saturated carbocycles. The highest BCUT2D eigenvalue weighted by Crippen LogP contribution is 2.26. The Morgan fingerprint density at radius 1 is 1.13 bits per heavy atom. The Bertz CT molecular complexity index is 1280. The summed E-state index contributed by atoms with van der Waals surface area (Å²) in [6, 6.07) is 6.63. The van der Waals surface area contributed by atoms with E-state index in [-0.39, 0.29) is 10.8 Å². The van der Waals surface area contributed by atoms with E-state index in [1.165, 1.54) is 10.4 Å². The van der Waals surface area contributed by atoms with Gasteiger partial charge in [0.2, 0.25) is 10.0 Å². The summed E-state index contributed by atoms with van der Waals surface area (Å²) in [6.07, 6.45) is 0. The summed E-state index contributed by atoms with van der Waals surface area (Å²) >= 11 is 0. The number of morpholine rings is 1. The second kappa shape index (κ2) is 8.03. The molecule has 0 atom stereocenters. The van der Waals surface area contributed by atoms with Crippen LogP contribution in [-0.2, 0) is 21.8 Å². The fourth-order valence-corrected chi connectivity index (χ4v) is 5.49. The van der Waals surface area contributed by atoms with Crippen LogP contribution in [0.3, 0.4) is 0 Å². The molecule has 9 nitrogen and oxygen atoms in total. The lowest BCUT2D eigenvalue weighted by Gasteiger charge is -2.26. The molecular weight excluding hydrogens is 418 g/mol. The summed E-state index contributed by atoms with van der Waals surface area (Å²) in [7, 11) is -1.90. The predicted molar refractivity (Wildman–Crippen MR) is 117 cm³/mol. The van der Waals surface area contributed by atoms with Gasteiger partial charge in [0.1, 0.15) is 0 Å². The first-order valence-electron chi connectivity index (χ1n) is 9.99. The number of hydrogen-bond acceptors (Lipinski definition) is 6. The number of benzene rings is 1. The summed E-state index contributed by atoms with van der Waals surface area (Å²) < 4.78 is 34.6. The lowest BCUT2D eigenvalue weighted by Crippen LogP contribution is -2.40. The van der Waals surface area contributed by atoms with Gasteiger partial charge in [-0.05, 0) is 44.5 Å². The fraction of sp³-hybridized carbons (Fsp3) is 0.381. The molecule has 3 heterocycles. The number of pyridine rings is 1. The molecule has 2 aromatic heterocycles. The van der Waals surface area contributed by atoms with Crippen LogP contribution in [0.2, 0.25) is 0 Å². The molecule has 0 unspecified atom stereocenters. The van der Waals surface area contributed by atoms with E-state index >= 15 is 0 Å². The van der Waals surface area contributed by atoms with E-state index in [0.29, 0.717) is 65.5 Å². The van der Waals surface area contributed by atoms with E-state index in [1.54, 1.807) is 36.9 Å². The van der Waals surface area contributed by atoms with Crippen molar-refractivity contribution in [2.75, 3.05) is 31.6 Å². The normalized spacial score (nSPS) is 15.4. The quantitative estimate of drug-likeness (QED) is 0.662. The van der Waals surface area contributed by atoms with Crippen molar-refractivity contribution in [3.05, 3.63) is 46.8 Å². The number of carbonyl (C=O) groups is 1. The zero-order valence-corrected chi connectivity index (χ0v) is 18.8. The van der Waals surface area contributed by atoms with Crippen molar-refractivity contribution in [3.63, 3.8) is 0 Å². The summed E-state index contributed by atoms with van der Waals surface area (Å²) in [4.78, 5) is 17.8. The number of amides is 1. The highest BCUT2D eigenvalue weighted by molar-refractivity contribution is 7.89. The smallest absolute Gasteiger partial charge is 0.256 e. The van der Waals surface area contributed by atoms with Gasteiger partial charge in [-0.2, -0.15) is 9.40 Å². The van der Waals surface area contributed by atoms with Gasteiger partial charge in [-0.1, -0.05) is 6.07 Å². The maximum Gasteiger partial charge on any atom is 0.256 e. The van der Waals surface area contributed by atoms with Crippen molar-refractivity contribution < 1.29 is 17.9 Å². The first-order valence-corrected chi connectivity index (χ1v) is 11.4. The van der Waals surface area contributed by atoms with Crippen LogP contribution in [0.1, 0.15) is 27.3 Å². The standard InChI is InChI=1S/C21H25N5O4S/c1-13-5-6-16(12-18(13)31(28,29)26-7-9-30-10-8-26)23-21(27)17-11-14(2)22-20-19(17)15(3)24-25(20)4/h5-6,11-12H,7-10H2,1-4H3,(H,23,27). The van der Waals surface area contributed by atoms with Gasteiger partial charge in [0, 0.05) is 31.5 Å². The number of fused-ring (bicyclic) bond motifs is 1. The molecule has 4 rings (SSSR count). The van der Waals surface area contributed by atoms with Crippen molar-refractivity contribution in [3.8, 4) is 0 Å². The molecule has 31 heavy (non-hydrogen) atoms. The number of aromatic nitrogens is 3. The number of rotatable bonds is 4. The molecule has 1 amide bonds. The lowest BCUT2D eigenvalue weighted by atomic mass is 10.1. The summed E-state index contributed by atoms with van der Waals surface area (Å²) in [5.74, 6) is -0.342. The highest BCUT2D eigenvalue weighted by Gasteiger charge is 2.28. The molecule has 10 heteroatoms. The molecule has 164 valence electrons. The third kappa shape index (κ3) is 3.93. The maximum absolute atomic E-state index is 13.1. The predicted octanol–water partition coefficient (Wildman–Crippen LogP) is 2.17. The van der Waals surface area contributed by atoms with Crippen molar-refractivity contribution in [2.24, 2.45) is 7.05 Å². The van der Waals surface area contributed by atoms with E-state index < -0.39 is 10.0 Å². The first-order chi connectivity index (χ1) is 14.7. The number of sulfonamides is 1. The summed E-state index contributed by atoms with van der Waals surface area (Å²) in [6.45, 7) is 6.76. The Hall–Kier alpha value is -2.82. The monoisotopic (exact) mass is 443 g/mol. The Kier molecular flexibility index (Phi) is 5.54. The van der Waals surface area contributed by atoms with Crippen LogP contribution in [0.4, 0.5) is 5.69 Å². The third-order valence-electron chi connectivity index (χ3n) is 5.38. The van der Waals surface area contributed by atoms with E-state index in [4.69, 9.17) is 4.74 Å². The minimum Gasteiger partial charge on any atom is -0.379 e. The second-order valence-corrected chi connectivity index (χ2v) is 9.58. The number of nitrogens with zero attached hydrogens (tertiary/aromatic N) is 4. The van der Waals surface area contributed by atoms with Gasteiger partial charge in [-0.3, -0.25) is 9.48 Å². The number of aryl methyl sites for hydroxylation is 4. The lowest BCUT2D eigenvalue weighted by molar-refractivity contribution is 0.0730. The second-order valence-electron chi connectivity index (χ2n) is 7.67. The molecule has 0 radical (unpaired) electrons. The number of anilines is 1. The van der Waals surface area contributed by atoms with Crippen LogP contribution in [0.15, 0.2) is 29.2 Å². The Morgan fingerprint density at radius 2 is 1.84 bits per heavy atom. The maximum atomic E-state index is 13.1. The average Bonchev–Trinajstić information content (AvgIpc) is 3.02.